The van der Waals surface area contributed by atoms with Crippen LogP contribution in [0, 0.1) is 38.3 Å². The number of hydrogen-bond acceptors (Lipinski definition) is 8. The summed E-state index contributed by atoms with van der Waals surface area (Å²) in [5, 5.41) is 32.5. The maximum Gasteiger partial charge on any atom is 1.00 e. The van der Waals surface area contributed by atoms with E-state index in [1.807, 2.05) is 0 Å². The number of rotatable bonds is 4. The predicted octanol–water partition coefficient (Wildman–Crippen LogP) is 6.02. The van der Waals surface area contributed by atoms with Crippen molar-refractivity contribution in [3.8, 4) is 6.07 Å². The molecule has 42 heavy (non-hydrogen) atoms. The Morgan fingerprint density at radius 1 is 0.667 bits per heavy atom. The largest absolute Gasteiger partial charge is 1.00 e. The Hall–Kier alpha value is -5.43. The van der Waals surface area contributed by atoms with Crippen LogP contribution in [0.3, 0.4) is 0 Å². The van der Waals surface area contributed by atoms with Crippen LogP contribution in [0.5, 0.6) is 0 Å². The van der Waals surface area contributed by atoms with Crippen molar-refractivity contribution in [3.05, 3.63) is 125 Å². The molecule has 0 atom stereocenters. The number of carbonyl (C=O) groups is 2. The number of nitrogens with zero attached hydrogens (tertiary/aromatic N) is 4. The smallest absolute Gasteiger partial charge is 0.356 e. The van der Waals surface area contributed by atoms with Crippen LogP contribution in [0.1, 0.15) is 6.92 Å². The zero-order chi connectivity index (χ0) is 30.5. The van der Waals surface area contributed by atoms with Gasteiger partial charge in [0.1, 0.15) is 11.6 Å². The first-order valence-corrected chi connectivity index (χ1v) is 11.2. The van der Waals surface area contributed by atoms with Crippen LogP contribution in [0.15, 0.2) is 97.6 Å². The van der Waals surface area contributed by atoms with Crippen LogP contribution in [0.2, 0.25) is 0 Å². The minimum absolute atomic E-state index is 0. The van der Waals surface area contributed by atoms with Gasteiger partial charge in [0.15, 0.2) is 0 Å². The van der Waals surface area contributed by atoms with E-state index in [1.54, 1.807) is 55.1 Å². The zero-order valence-corrected chi connectivity index (χ0v) is 23.1. The fourth-order valence-corrected chi connectivity index (χ4v) is 2.52. The van der Waals surface area contributed by atoms with E-state index in [4.69, 9.17) is 20.6 Å². The molecule has 4 rings (SSSR count). The van der Waals surface area contributed by atoms with Crippen molar-refractivity contribution in [1.82, 2.24) is 9.97 Å². The molecular formula is C26H23AgF2N8O5. The Kier molecular flexibility index (Phi) is 18.6. The fraction of sp³-hybridized carbons (Fsp3) is 0.0385. The Morgan fingerprint density at radius 3 is 1.12 bits per heavy atom. The summed E-state index contributed by atoms with van der Waals surface area (Å²) in [6, 6.07) is 18.7. The third-order valence-electron chi connectivity index (χ3n) is 4.08. The van der Waals surface area contributed by atoms with E-state index in [0.29, 0.717) is 22.7 Å². The summed E-state index contributed by atoms with van der Waals surface area (Å²) < 4.78 is 25.3. The second-order valence-electron chi connectivity index (χ2n) is 7.09. The van der Waals surface area contributed by atoms with Gasteiger partial charge in [0.25, 0.3) is 0 Å². The van der Waals surface area contributed by atoms with Crippen molar-refractivity contribution in [3.63, 3.8) is 0 Å². The molecule has 2 aromatic heterocycles. The molecule has 4 amide bonds. The van der Waals surface area contributed by atoms with Gasteiger partial charge in [-0.25, -0.2) is 18.4 Å². The number of carbonyl (C=O) groups excluding carboxylic acids is 2. The number of nitrogens with one attached hydrogen (secondary N) is 4. The molecule has 2 heterocycles. The number of pyridine rings is 2. The van der Waals surface area contributed by atoms with E-state index in [0.717, 1.165) is 0 Å². The maximum absolute atomic E-state index is 12.6. The normalized spacial score (nSPS) is 8.62. The minimum atomic E-state index is -1.75. The van der Waals surface area contributed by atoms with Gasteiger partial charge in [-0.2, -0.15) is 5.26 Å². The van der Waals surface area contributed by atoms with Crippen LogP contribution in [-0.4, -0.2) is 27.1 Å². The summed E-state index contributed by atoms with van der Waals surface area (Å²) in [6.45, 7) is 1.43. The molecule has 0 radical (unpaired) electrons. The summed E-state index contributed by atoms with van der Waals surface area (Å²) in [4.78, 5) is 39.0. The third kappa shape index (κ3) is 18.0. The molecule has 0 unspecified atom stereocenters. The predicted molar refractivity (Wildman–Crippen MR) is 148 cm³/mol. The number of anilines is 4. The summed E-state index contributed by atoms with van der Waals surface area (Å²) in [7, 11) is 0. The molecule has 13 nitrogen and oxygen atoms in total. The number of hydrogen-bond donors (Lipinski definition) is 4. The second-order valence-corrected chi connectivity index (χ2v) is 7.09. The Labute approximate surface area is 254 Å². The average molecular weight is 673 g/mol. The maximum atomic E-state index is 12.6. The number of nitriles is 1. The topological polar surface area (TPSA) is 198 Å². The second kappa shape index (κ2) is 21.4. The van der Waals surface area contributed by atoms with Crippen molar-refractivity contribution in [1.29, 1.82) is 5.26 Å². The summed E-state index contributed by atoms with van der Waals surface area (Å²) in [5.74, 6) is -0.685. The molecule has 0 aliphatic carbocycles. The van der Waals surface area contributed by atoms with Gasteiger partial charge in [-0.05, 0) is 72.8 Å². The van der Waals surface area contributed by atoms with Gasteiger partial charge in [0, 0.05) is 54.5 Å². The van der Waals surface area contributed by atoms with Gasteiger partial charge in [-0.15, -0.1) is 0 Å². The van der Waals surface area contributed by atoms with Gasteiger partial charge in [0.05, 0.1) is 11.2 Å². The van der Waals surface area contributed by atoms with Crippen molar-refractivity contribution in [2.24, 2.45) is 0 Å². The molecule has 222 valence electrons. The molecule has 0 fully saturated rings. The number of urea groups is 2. The number of amides is 4. The van der Waals surface area contributed by atoms with Crippen LogP contribution in [0.4, 0.5) is 41.1 Å². The molecule has 16 heteroatoms. The van der Waals surface area contributed by atoms with Crippen molar-refractivity contribution >= 4 is 34.8 Å². The fourth-order valence-electron chi connectivity index (χ4n) is 2.52. The van der Waals surface area contributed by atoms with Gasteiger partial charge in [-0.1, -0.05) is 0 Å². The monoisotopic (exact) mass is 672 g/mol. The van der Waals surface area contributed by atoms with Crippen LogP contribution < -0.4 is 21.3 Å². The van der Waals surface area contributed by atoms with E-state index in [2.05, 4.69) is 31.2 Å². The third-order valence-corrected chi connectivity index (χ3v) is 4.08. The van der Waals surface area contributed by atoms with E-state index in [1.165, 1.54) is 55.5 Å². The molecule has 4 aromatic rings. The quantitative estimate of drug-likeness (QED) is 0.115. The molecule has 0 bridgehead atoms. The van der Waals surface area contributed by atoms with E-state index >= 15 is 0 Å². The van der Waals surface area contributed by atoms with Crippen LogP contribution in [0.25, 0.3) is 0 Å². The molecule has 0 spiro atoms. The molecule has 4 N–H and O–H groups in total. The first kappa shape index (κ1) is 36.6. The van der Waals surface area contributed by atoms with Crippen molar-refractivity contribution in [2.75, 3.05) is 21.3 Å². The minimum Gasteiger partial charge on any atom is -0.356 e. The first-order valence-electron chi connectivity index (χ1n) is 11.2. The Balaban J connectivity index is 0.000000644. The Bertz CT molecular complexity index is 1300. The molecular weight excluding hydrogens is 650 g/mol. The van der Waals surface area contributed by atoms with Gasteiger partial charge >= 0.3 is 34.4 Å². The Morgan fingerprint density at radius 2 is 0.881 bits per heavy atom. The molecule has 2 aromatic carbocycles. The number of halogens is 2. The number of benzene rings is 2. The number of aromatic nitrogens is 2. The van der Waals surface area contributed by atoms with Crippen molar-refractivity contribution in [2.45, 2.75) is 6.92 Å². The van der Waals surface area contributed by atoms with E-state index in [9.17, 15) is 18.4 Å². The molecule has 0 saturated carbocycles. The van der Waals surface area contributed by atoms with E-state index in [-0.39, 0.29) is 46.1 Å². The SMILES string of the molecule is CC#N.O=C(Nc1ccncc1)Nc1ccc(F)cc1.O=C(Nc1ccncc1)Nc1ccc(F)cc1.O=[N+]([O-])[O-].[Ag+]. The summed E-state index contributed by atoms with van der Waals surface area (Å²) in [5.41, 5.74) is 2.33. The molecule has 0 saturated heterocycles. The van der Waals surface area contributed by atoms with Crippen LogP contribution in [-0.2, 0) is 22.4 Å². The van der Waals surface area contributed by atoms with Gasteiger partial charge in [0.2, 0.25) is 0 Å². The van der Waals surface area contributed by atoms with Gasteiger partial charge in [-0.3, -0.25) is 9.97 Å². The van der Waals surface area contributed by atoms with Crippen molar-refractivity contribution < 1.29 is 45.8 Å². The summed E-state index contributed by atoms with van der Waals surface area (Å²) in [6.07, 6.45) is 6.31. The first-order chi connectivity index (χ1) is 19.6. The molecule has 0 aliphatic rings. The standard InChI is InChI=1S/2C12H10FN3O.C2H3N.Ag.NO3/c2*13-9-1-3-10(4-2-9)15-12(17)16-11-5-7-14-8-6-11;1-2-3;;2-1(3)4/h2*1-8H,(H2,14,15,16,17);1H3;;/q;;;+1;-1. The van der Waals surface area contributed by atoms with E-state index < -0.39 is 5.09 Å². The van der Waals surface area contributed by atoms with Gasteiger partial charge < -0.3 is 36.6 Å². The summed E-state index contributed by atoms with van der Waals surface area (Å²) >= 11 is 0. The van der Waals surface area contributed by atoms with Crippen LogP contribution >= 0.6 is 0 Å². The zero-order valence-electron chi connectivity index (χ0n) is 21.6. The average Bonchev–Trinajstić information content (AvgIpc) is 2.93. The molecule has 0 aliphatic heterocycles.